The molecule has 0 amide bonds. The van der Waals surface area contributed by atoms with Crippen molar-refractivity contribution in [3.05, 3.63) is 24.5 Å². The van der Waals surface area contributed by atoms with Crippen LogP contribution in [-0.2, 0) is 6.54 Å². The van der Waals surface area contributed by atoms with E-state index in [1.165, 1.54) is 6.20 Å². The van der Waals surface area contributed by atoms with Crippen LogP contribution in [0, 0.1) is 0 Å². The van der Waals surface area contributed by atoms with Crippen LogP contribution in [0.1, 0.15) is 6.42 Å². The summed E-state index contributed by atoms with van der Waals surface area (Å²) in [6.07, 6.45) is 1.50. The molecular weight excluding hydrogens is 334 g/mol. The van der Waals surface area contributed by atoms with Crippen molar-refractivity contribution in [3.63, 3.8) is 0 Å². The lowest BCUT2D eigenvalue weighted by atomic mass is 10.2. The van der Waals surface area contributed by atoms with Crippen molar-refractivity contribution in [2.75, 3.05) is 18.5 Å². The summed E-state index contributed by atoms with van der Waals surface area (Å²) in [7, 11) is 0. The van der Waals surface area contributed by atoms with Gasteiger partial charge in [0.05, 0.1) is 11.8 Å². The Morgan fingerprint density at radius 2 is 2.28 bits per heavy atom. The van der Waals surface area contributed by atoms with Gasteiger partial charge in [0.2, 0.25) is 11.7 Å². The number of aryl methyl sites for hydroxylation is 1. The van der Waals surface area contributed by atoms with Crippen LogP contribution in [-0.4, -0.2) is 44.5 Å². The third-order valence-corrected chi connectivity index (χ3v) is 3.69. The summed E-state index contributed by atoms with van der Waals surface area (Å²) in [4.78, 5) is 8.30. The lowest BCUT2D eigenvalue weighted by molar-refractivity contribution is 0.0798. The van der Waals surface area contributed by atoms with Crippen molar-refractivity contribution >= 4 is 5.82 Å². The second kappa shape index (κ2) is 6.46. The van der Waals surface area contributed by atoms with Gasteiger partial charge in [-0.3, -0.25) is 0 Å². The van der Waals surface area contributed by atoms with Crippen LogP contribution in [0.4, 0.5) is 14.6 Å². The molecule has 0 radical (unpaired) electrons. The molecule has 25 heavy (non-hydrogen) atoms. The van der Waals surface area contributed by atoms with Crippen LogP contribution >= 0.6 is 0 Å². The van der Waals surface area contributed by atoms with Crippen LogP contribution in [0.25, 0.3) is 22.8 Å². The lowest BCUT2D eigenvalue weighted by Gasteiger charge is -2.15. The largest absolute Gasteiger partial charge is 0.471 e. The van der Waals surface area contributed by atoms with E-state index in [4.69, 9.17) is 9.26 Å². The molecule has 0 atom stereocenters. The van der Waals surface area contributed by atoms with Gasteiger partial charge in [-0.1, -0.05) is 5.16 Å². The van der Waals surface area contributed by atoms with E-state index in [0.29, 0.717) is 17.0 Å². The van der Waals surface area contributed by atoms with Crippen LogP contribution < -0.4 is 10.1 Å². The lowest BCUT2D eigenvalue weighted by Crippen LogP contribution is -2.17. The van der Waals surface area contributed by atoms with Gasteiger partial charge in [0.15, 0.2) is 6.61 Å². The molecule has 0 fully saturated rings. The molecule has 0 spiro atoms. The zero-order chi connectivity index (χ0) is 17.2. The quantitative estimate of drug-likeness (QED) is 0.757. The number of nitrogens with zero attached hydrogens (tertiary/aromatic N) is 5. The Hall–Kier alpha value is -3.04. The highest BCUT2D eigenvalue weighted by Crippen LogP contribution is 2.32. The monoisotopic (exact) mass is 348 g/mol. The Morgan fingerprint density at radius 3 is 3.16 bits per heavy atom. The van der Waals surface area contributed by atoms with Crippen molar-refractivity contribution in [1.82, 2.24) is 24.9 Å². The summed E-state index contributed by atoms with van der Waals surface area (Å²) in [6.45, 7) is 0.907. The fourth-order valence-electron chi connectivity index (χ4n) is 2.59. The van der Waals surface area contributed by atoms with Gasteiger partial charge in [-0.25, -0.2) is 18.4 Å². The molecule has 0 bridgehead atoms. The maximum atomic E-state index is 12.4. The number of hydrogen-bond donors (Lipinski definition) is 1. The average molecular weight is 348 g/mol. The Labute approximate surface area is 140 Å². The normalized spacial score (nSPS) is 13.6. The molecule has 8 nitrogen and oxygen atoms in total. The Kier molecular flexibility index (Phi) is 4.00. The molecule has 0 aliphatic carbocycles. The van der Waals surface area contributed by atoms with E-state index in [1.807, 2.05) is 4.68 Å². The summed E-state index contributed by atoms with van der Waals surface area (Å²) in [5.74, 6) is 1.35. The number of alkyl halides is 2. The number of ether oxygens (including phenoxy) is 1. The Balaban J connectivity index is 1.65. The van der Waals surface area contributed by atoms with Gasteiger partial charge in [-0.05, 0) is 18.6 Å². The number of aromatic nitrogens is 5. The number of nitrogens with one attached hydrogen (secondary N) is 1. The van der Waals surface area contributed by atoms with Crippen molar-refractivity contribution < 1.29 is 18.0 Å². The second-order valence-corrected chi connectivity index (χ2v) is 5.39. The fourth-order valence-corrected chi connectivity index (χ4v) is 2.59. The van der Waals surface area contributed by atoms with E-state index in [-0.39, 0.29) is 11.8 Å². The highest BCUT2D eigenvalue weighted by Gasteiger charge is 2.22. The summed E-state index contributed by atoms with van der Waals surface area (Å²) in [5, 5.41) is 11.5. The van der Waals surface area contributed by atoms with Gasteiger partial charge in [-0.2, -0.15) is 10.1 Å². The molecule has 130 valence electrons. The van der Waals surface area contributed by atoms with Crippen molar-refractivity contribution in [3.8, 4) is 28.7 Å². The molecule has 1 N–H and O–H groups in total. The van der Waals surface area contributed by atoms with Crippen LogP contribution in [0.5, 0.6) is 5.88 Å². The second-order valence-electron chi connectivity index (χ2n) is 5.39. The average Bonchev–Trinajstić information content (AvgIpc) is 3.27. The molecule has 4 heterocycles. The first kappa shape index (κ1) is 15.5. The van der Waals surface area contributed by atoms with Gasteiger partial charge >= 0.3 is 0 Å². The van der Waals surface area contributed by atoms with Gasteiger partial charge in [-0.15, -0.1) is 0 Å². The zero-order valence-electron chi connectivity index (χ0n) is 13.0. The zero-order valence-corrected chi connectivity index (χ0v) is 13.0. The first-order chi connectivity index (χ1) is 12.2. The summed E-state index contributed by atoms with van der Waals surface area (Å²) in [6, 6.07) is 3.26. The van der Waals surface area contributed by atoms with Crippen molar-refractivity contribution in [2.45, 2.75) is 19.4 Å². The molecule has 0 saturated carbocycles. The number of rotatable bonds is 5. The van der Waals surface area contributed by atoms with E-state index in [9.17, 15) is 8.78 Å². The minimum Gasteiger partial charge on any atom is -0.471 e. The van der Waals surface area contributed by atoms with E-state index in [2.05, 4.69) is 25.5 Å². The minimum atomic E-state index is -2.60. The maximum absolute atomic E-state index is 12.4. The Bertz CT molecular complexity index is 879. The predicted octanol–water partition coefficient (Wildman–Crippen LogP) is 2.45. The third-order valence-electron chi connectivity index (χ3n) is 3.69. The molecule has 4 rings (SSSR count). The number of hydrogen-bond acceptors (Lipinski definition) is 7. The molecule has 1 aliphatic rings. The third kappa shape index (κ3) is 3.02. The van der Waals surface area contributed by atoms with E-state index in [1.54, 1.807) is 18.3 Å². The maximum Gasteiger partial charge on any atom is 0.272 e. The van der Waals surface area contributed by atoms with Gasteiger partial charge in [0, 0.05) is 19.3 Å². The van der Waals surface area contributed by atoms with Gasteiger partial charge in [0.25, 0.3) is 12.3 Å². The minimum absolute atomic E-state index is 0.0214. The molecule has 3 aromatic rings. The molecule has 0 saturated heterocycles. The summed E-state index contributed by atoms with van der Waals surface area (Å²) < 4.78 is 36.9. The standard InChI is InChI=1S/C15H14F2N6O2/c16-11(17)8-24-14-9(3-1-4-19-14)15-21-12(22-25-15)10-7-20-23-6-2-5-18-13(10)23/h1,3-4,7,11,18H,2,5-6,8H2. The van der Waals surface area contributed by atoms with Crippen molar-refractivity contribution in [1.29, 1.82) is 0 Å². The Morgan fingerprint density at radius 1 is 1.36 bits per heavy atom. The fraction of sp³-hybridized carbons (Fsp3) is 0.333. The molecule has 10 heteroatoms. The van der Waals surface area contributed by atoms with Crippen molar-refractivity contribution in [2.24, 2.45) is 0 Å². The van der Waals surface area contributed by atoms with E-state index >= 15 is 0 Å². The number of anilines is 1. The highest BCUT2D eigenvalue weighted by molar-refractivity contribution is 5.71. The number of halogens is 2. The van der Waals surface area contributed by atoms with Gasteiger partial charge < -0.3 is 14.6 Å². The number of pyridine rings is 1. The highest BCUT2D eigenvalue weighted by atomic mass is 19.3. The van der Waals surface area contributed by atoms with E-state index in [0.717, 1.165) is 25.3 Å². The summed E-state index contributed by atoms with van der Waals surface area (Å²) >= 11 is 0. The van der Waals surface area contributed by atoms with Crippen LogP contribution in [0.3, 0.4) is 0 Å². The number of fused-ring (bicyclic) bond motifs is 1. The molecular formula is C15H14F2N6O2. The van der Waals surface area contributed by atoms with Crippen LogP contribution in [0.15, 0.2) is 29.0 Å². The molecule has 0 unspecified atom stereocenters. The first-order valence-corrected chi connectivity index (χ1v) is 7.72. The SMILES string of the molecule is FC(F)COc1ncccc1-c1nc(-c2cnn3c2NCCC3)no1. The predicted molar refractivity (Wildman–Crippen MR) is 83.4 cm³/mol. The first-order valence-electron chi connectivity index (χ1n) is 7.72. The van der Waals surface area contributed by atoms with E-state index < -0.39 is 13.0 Å². The topological polar surface area (TPSA) is 90.9 Å². The summed E-state index contributed by atoms with van der Waals surface area (Å²) in [5.41, 5.74) is 1.07. The molecule has 1 aliphatic heterocycles. The molecule has 3 aromatic heterocycles. The van der Waals surface area contributed by atoms with Crippen LogP contribution in [0.2, 0.25) is 0 Å². The molecule has 0 aromatic carbocycles. The van der Waals surface area contributed by atoms with Gasteiger partial charge in [0.1, 0.15) is 11.4 Å². The smallest absolute Gasteiger partial charge is 0.272 e.